The Labute approximate surface area is 85.5 Å². The van der Waals surface area contributed by atoms with Crippen molar-refractivity contribution in [3.05, 3.63) is 18.0 Å². The molecule has 2 heterocycles. The zero-order chi connectivity index (χ0) is 9.97. The standard InChI is InChI=1S/C11H19N3/c1-3-4-14-8-10(7-13-14)11-5-9(2)6-12-11/h7-9,11-12H,3-6H2,1-2H3. The van der Waals surface area contributed by atoms with Gasteiger partial charge in [0.2, 0.25) is 0 Å². The van der Waals surface area contributed by atoms with E-state index in [1.165, 1.54) is 12.0 Å². The lowest BCUT2D eigenvalue weighted by Crippen LogP contribution is -2.12. The van der Waals surface area contributed by atoms with Crippen molar-refractivity contribution in [3.8, 4) is 0 Å². The quantitative estimate of drug-likeness (QED) is 0.795. The molecular formula is C11H19N3. The molecule has 1 aromatic heterocycles. The van der Waals surface area contributed by atoms with E-state index >= 15 is 0 Å². The minimum atomic E-state index is 0.538. The molecule has 0 radical (unpaired) electrons. The van der Waals surface area contributed by atoms with Gasteiger partial charge in [0.25, 0.3) is 0 Å². The molecule has 2 rings (SSSR count). The summed E-state index contributed by atoms with van der Waals surface area (Å²) in [6.45, 7) is 6.65. The maximum atomic E-state index is 4.35. The van der Waals surface area contributed by atoms with Crippen molar-refractivity contribution in [2.75, 3.05) is 6.54 Å². The first-order valence-electron chi connectivity index (χ1n) is 5.55. The van der Waals surface area contributed by atoms with Crippen LogP contribution in [0.2, 0.25) is 0 Å². The van der Waals surface area contributed by atoms with Gasteiger partial charge in [-0.1, -0.05) is 13.8 Å². The highest BCUT2D eigenvalue weighted by Gasteiger charge is 2.22. The minimum Gasteiger partial charge on any atom is -0.310 e. The van der Waals surface area contributed by atoms with Crippen molar-refractivity contribution in [3.63, 3.8) is 0 Å². The van der Waals surface area contributed by atoms with Gasteiger partial charge in [-0.2, -0.15) is 5.10 Å². The van der Waals surface area contributed by atoms with Crippen LogP contribution in [-0.4, -0.2) is 16.3 Å². The average Bonchev–Trinajstić information content (AvgIpc) is 2.74. The predicted molar refractivity (Wildman–Crippen MR) is 57.0 cm³/mol. The van der Waals surface area contributed by atoms with Crippen LogP contribution in [-0.2, 0) is 6.54 Å². The van der Waals surface area contributed by atoms with Gasteiger partial charge >= 0.3 is 0 Å². The molecule has 3 nitrogen and oxygen atoms in total. The molecule has 0 aromatic carbocycles. The maximum Gasteiger partial charge on any atom is 0.0537 e. The molecular weight excluding hydrogens is 174 g/mol. The first-order chi connectivity index (χ1) is 6.79. The summed E-state index contributed by atoms with van der Waals surface area (Å²) in [7, 11) is 0. The summed E-state index contributed by atoms with van der Waals surface area (Å²) in [4.78, 5) is 0. The molecule has 0 bridgehead atoms. The SMILES string of the molecule is CCCn1cc(C2CC(C)CN2)cn1. The molecule has 0 spiro atoms. The van der Waals surface area contributed by atoms with Crippen LogP contribution in [0.1, 0.15) is 38.3 Å². The summed E-state index contributed by atoms with van der Waals surface area (Å²) in [5.41, 5.74) is 1.35. The number of hydrogen-bond donors (Lipinski definition) is 1. The van der Waals surface area contributed by atoms with Crippen LogP contribution in [0.4, 0.5) is 0 Å². The predicted octanol–water partition coefficient (Wildman–Crippen LogP) is 1.96. The molecule has 1 fully saturated rings. The Hall–Kier alpha value is -0.830. The Morgan fingerprint density at radius 2 is 2.50 bits per heavy atom. The smallest absolute Gasteiger partial charge is 0.0537 e. The highest BCUT2D eigenvalue weighted by molar-refractivity contribution is 5.12. The molecule has 1 aliphatic heterocycles. The van der Waals surface area contributed by atoms with Crippen LogP contribution >= 0.6 is 0 Å². The largest absolute Gasteiger partial charge is 0.310 e. The van der Waals surface area contributed by atoms with Gasteiger partial charge in [-0.15, -0.1) is 0 Å². The number of aryl methyl sites for hydroxylation is 1. The van der Waals surface area contributed by atoms with E-state index in [1.54, 1.807) is 0 Å². The zero-order valence-corrected chi connectivity index (χ0v) is 9.03. The summed E-state index contributed by atoms with van der Waals surface area (Å²) in [6.07, 6.45) is 6.58. The Morgan fingerprint density at radius 3 is 3.14 bits per heavy atom. The van der Waals surface area contributed by atoms with E-state index in [1.807, 2.05) is 10.9 Å². The maximum absolute atomic E-state index is 4.35. The van der Waals surface area contributed by atoms with Gasteiger partial charge in [0.05, 0.1) is 6.20 Å². The van der Waals surface area contributed by atoms with E-state index < -0.39 is 0 Å². The number of nitrogens with zero attached hydrogens (tertiary/aromatic N) is 2. The second-order valence-corrected chi connectivity index (χ2v) is 4.34. The normalized spacial score (nSPS) is 27.0. The van der Waals surface area contributed by atoms with Gasteiger partial charge in [-0.05, 0) is 25.3 Å². The van der Waals surface area contributed by atoms with Crippen molar-refractivity contribution < 1.29 is 0 Å². The lowest BCUT2D eigenvalue weighted by Gasteiger charge is -2.06. The molecule has 0 amide bonds. The zero-order valence-electron chi connectivity index (χ0n) is 9.03. The third kappa shape index (κ3) is 1.98. The summed E-state index contributed by atoms with van der Waals surface area (Å²) >= 11 is 0. The summed E-state index contributed by atoms with van der Waals surface area (Å²) in [6, 6.07) is 0.538. The lowest BCUT2D eigenvalue weighted by atomic mass is 10.0. The van der Waals surface area contributed by atoms with Crippen molar-refractivity contribution in [1.82, 2.24) is 15.1 Å². The minimum absolute atomic E-state index is 0.538. The van der Waals surface area contributed by atoms with E-state index in [9.17, 15) is 0 Å². The Balaban J connectivity index is 2.02. The van der Waals surface area contributed by atoms with Gasteiger partial charge in [-0.3, -0.25) is 4.68 Å². The van der Waals surface area contributed by atoms with Crippen molar-refractivity contribution >= 4 is 0 Å². The molecule has 14 heavy (non-hydrogen) atoms. The van der Waals surface area contributed by atoms with Crippen LogP contribution in [0, 0.1) is 5.92 Å². The second kappa shape index (κ2) is 4.13. The number of nitrogens with one attached hydrogen (secondary N) is 1. The molecule has 1 aliphatic rings. The van der Waals surface area contributed by atoms with Crippen LogP contribution in [0.3, 0.4) is 0 Å². The lowest BCUT2D eigenvalue weighted by molar-refractivity contribution is 0.594. The molecule has 1 aromatic rings. The van der Waals surface area contributed by atoms with E-state index in [2.05, 4.69) is 30.5 Å². The van der Waals surface area contributed by atoms with Crippen molar-refractivity contribution in [2.24, 2.45) is 5.92 Å². The topological polar surface area (TPSA) is 29.9 Å². The van der Waals surface area contributed by atoms with Gasteiger partial charge < -0.3 is 5.32 Å². The molecule has 1 saturated heterocycles. The third-order valence-electron chi connectivity index (χ3n) is 2.86. The van der Waals surface area contributed by atoms with E-state index in [-0.39, 0.29) is 0 Å². The molecule has 78 valence electrons. The third-order valence-corrected chi connectivity index (χ3v) is 2.86. The molecule has 0 saturated carbocycles. The number of aromatic nitrogens is 2. The van der Waals surface area contributed by atoms with Gasteiger partial charge in [0.15, 0.2) is 0 Å². The summed E-state index contributed by atoms with van der Waals surface area (Å²) in [5.74, 6) is 0.800. The highest BCUT2D eigenvalue weighted by atomic mass is 15.3. The van der Waals surface area contributed by atoms with Crippen LogP contribution in [0.25, 0.3) is 0 Å². The fraction of sp³-hybridized carbons (Fsp3) is 0.727. The summed E-state index contributed by atoms with van der Waals surface area (Å²) in [5, 5.41) is 7.88. The fourth-order valence-corrected chi connectivity index (χ4v) is 2.08. The molecule has 1 N–H and O–H groups in total. The van der Waals surface area contributed by atoms with Gasteiger partial charge in [-0.25, -0.2) is 0 Å². The number of hydrogen-bond acceptors (Lipinski definition) is 2. The fourth-order valence-electron chi connectivity index (χ4n) is 2.08. The highest BCUT2D eigenvalue weighted by Crippen LogP contribution is 2.26. The van der Waals surface area contributed by atoms with E-state index in [0.29, 0.717) is 6.04 Å². The first kappa shape index (κ1) is 9.71. The molecule has 2 atom stereocenters. The van der Waals surface area contributed by atoms with E-state index in [0.717, 1.165) is 25.4 Å². The van der Waals surface area contributed by atoms with Gasteiger partial charge in [0.1, 0.15) is 0 Å². The van der Waals surface area contributed by atoms with Crippen LogP contribution in [0.5, 0.6) is 0 Å². The summed E-state index contributed by atoms with van der Waals surface area (Å²) < 4.78 is 2.04. The van der Waals surface area contributed by atoms with Crippen LogP contribution < -0.4 is 5.32 Å². The molecule has 3 heteroatoms. The van der Waals surface area contributed by atoms with Gasteiger partial charge in [0, 0.05) is 24.3 Å². The second-order valence-electron chi connectivity index (χ2n) is 4.34. The Bertz CT molecular complexity index is 292. The average molecular weight is 193 g/mol. The molecule has 2 unspecified atom stereocenters. The van der Waals surface area contributed by atoms with Crippen LogP contribution in [0.15, 0.2) is 12.4 Å². The Morgan fingerprint density at radius 1 is 1.64 bits per heavy atom. The Kier molecular flexibility index (Phi) is 2.87. The number of rotatable bonds is 3. The van der Waals surface area contributed by atoms with Crippen molar-refractivity contribution in [2.45, 2.75) is 39.3 Å². The van der Waals surface area contributed by atoms with E-state index in [4.69, 9.17) is 0 Å². The van der Waals surface area contributed by atoms with Crippen molar-refractivity contribution in [1.29, 1.82) is 0 Å². The first-order valence-corrected chi connectivity index (χ1v) is 5.55. The molecule has 0 aliphatic carbocycles. The monoisotopic (exact) mass is 193 g/mol.